The first kappa shape index (κ1) is 30.9. The Labute approximate surface area is 252 Å². The van der Waals surface area contributed by atoms with Gasteiger partial charge in [0.05, 0.1) is 0 Å². The maximum Gasteiger partial charge on any atom is 0.508 e. The number of ether oxygens (including phenoxy) is 2. The Balaban J connectivity index is 1.18. The summed E-state index contributed by atoms with van der Waals surface area (Å²) < 4.78 is 11.8. The lowest BCUT2D eigenvalue weighted by atomic mass is 9.53. The Morgan fingerprint density at radius 1 is 0.951 bits per heavy atom. The van der Waals surface area contributed by atoms with Crippen LogP contribution in [0.5, 0.6) is 0 Å². The van der Waals surface area contributed by atoms with Gasteiger partial charge in [0, 0.05) is 6.42 Å². The first-order chi connectivity index (χ1) is 19.8. The minimum atomic E-state index is -0.432. The number of hydrogen-bond acceptors (Lipinski definition) is 3. The van der Waals surface area contributed by atoms with Crippen LogP contribution < -0.4 is 0 Å². The molecule has 41 heavy (non-hydrogen) atoms. The molecule has 0 radical (unpaired) electrons. The maximum atomic E-state index is 12.7. The lowest BCUT2D eigenvalue weighted by Crippen LogP contribution is -2.44. The summed E-state index contributed by atoms with van der Waals surface area (Å²) in [6.07, 6.45) is 29.4. The van der Waals surface area contributed by atoms with Gasteiger partial charge in [0.1, 0.15) is 12.2 Å². The molecule has 10 atom stereocenters. The molecule has 0 spiro atoms. The van der Waals surface area contributed by atoms with E-state index in [4.69, 9.17) is 9.47 Å². The number of hydrogen-bond donors (Lipinski definition) is 0. The fraction of sp³-hybridized carbons (Fsp3) is 0.816. The van der Waals surface area contributed by atoms with E-state index in [2.05, 4.69) is 65.0 Å². The van der Waals surface area contributed by atoms with Crippen LogP contribution in [-0.4, -0.2) is 18.4 Å². The van der Waals surface area contributed by atoms with Crippen molar-refractivity contribution in [3.8, 4) is 0 Å². The van der Waals surface area contributed by atoms with E-state index in [1.807, 2.05) is 0 Å². The summed E-state index contributed by atoms with van der Waals surface area (Å²) in [6, 6.07) is 0. The van der Waals surface area contributed by atoms with E-state index in [-0.39, 0.29) is 17.6 Å². The molecule has 5 rings (SSSR count). The number of rotatable bonds is 7. The summed E-state index contributed by atoms with van der Waals surface area (Å²) in [5, 5.41) is 0. The van der Waals surface area contributed by atoms with Crippen LogP contribution in [0.3, 0.4) is 0 Å². The second kappa shape index (κ2) is 13.9. The summed E-state index contributed by atoms with van der Waals surface area (Å²) in [5.41, 5.74) is 1.87. The molecule has 5 aliphatic carbocycles. The minimum Gasteiger partial charge on any atom is -0.431 e. The van der Waals surface area contributed by atoms with Gasteiger partial charge in [-0.1, -0.05) is 70.6 Å². The van der Waals surface area contributed by atoms with Crippen molar-refractivity contribution in [1.82, 2.24) is 0 Å². The smallest absolute Gasteiger partial charge is 0.431 e. The maximum absolute atomic E-state index is 12.7. The summed E-state index contributed by atoms with van der Waals surface area (Å²) in [4.78, 5) is 12.7. The highest BCUT2D eigenvalue weighted by Gasteiger charge is 2.52. The zero-order chi connectivity index (χ0) is 29.0. The van der Waals surface area contributed by atoms with E-state index in [9.17, 15) is 4.79 Å². The molecule has 0 amide bonds. The van der Waals surface area contributed by atoms with E-state index in [1.165, 1.54) is 44.9 Å². The molecule has 2 bridgehead atoms. The molecule has 0 N–H and O–H groups in total. The fourth-order valence-electron chi connectivity index (χ4n) is 9.98. The van der Waals surface area contributed by atoms with E-state index in [1.54, 1.807) is 5.57 Å². The summed E-state index contributed by atoms with van der Waals surface area (Å²) in [5.74, 6) is 6.44. The molecule has 3 heteroatoms. The van der Waals surface area contributed by atoms with Gasteiger partial charge in [-0.15, -0.1) is 0 Å². The SMILES string of the molecule is CC[C@H](/C=C/[C@@H](C)[C@H]1CCC2C[C@H]1CCC1[C@H]2CC=C2C[C@@H](OC(=O)OC3CC/C=C/CCC3)CC[C@@]21C)C(C)C. The summed E-state index contributed by atoms with van der Waals surface area (Å²) in [7, 11) is 0. The third kappa shape index (κ3) is 7.18. The molecule has 0 aromatic heterocycles. The van der Waals surface area contributed by atoms with E-state index < -0.39 is 6.16 Å². The zero-order valence-electron chi connectivity index (χ0n) is 27.0. The highest BCUT2D eigenvalue weighted by molar-refractivity contribution is 5.60. The first-order valence-electron chi connectivity index (χ1n) is 17.7. The predicted octanol–water partition coefficient (Wildman–Crippen LogP) is 10.9. The van der Waals surface area contributed by atoms with E-state index in [0.717, 1.165) is 92.8 Å². The quantitative estimate of drug-likeness (QED) is 0.228. The predicted molar refractivity (Wildman–Crippen MR) is 169 cm³/mol. The van der Waals surface area contributed by atoms with Crippen LogP contribution in [0.15, 0.2) is 36.0 Å². The van der Waals surface area contributed by atoms with Gasteiger partial charge in [-0.3, -0.25) is 0 Å². The molecule has 0 heterocycles. The molecular formula is C38H60O3. The average Bonchev–Trinajstić information content (AvgIpc) is 3.07. The normalized spacial score (nSPS) is 39.8. The molecule has 5 aliphatic rings. The summed E-state index contributed by atoms with van der Waals surface area (Å²) in [6.45, 7) is 12.2. The summed E-state index contributed by atoms with van der Waals surface area (Å²) >= 11 is 0. The van der Waals surface area contributed by atoms with Crippen LogP contribution in [0.4, 0.5) is 4.79 Å². The van der Waals surface area contributed by atoms with Crippen molar-refractivity contribution in [3.05, 3.63) is 36.0 Å². The van der Waals surface area contributed by atoms with E-state index >= 15 is 0 Å². The lowest BCUT2D eigenvalue weighted by Gasteiger charge is -2.52. The second-order valence-corrected chi connectivity index (χ2v) is 15.2. The average molecular weight is 565 g/mol. The van der Waals surface area contributed by atoms with Crippen LogP contribution in [0.1, 0.15) is 131 Å². The van der Waals surface area contributed by atoms with Gasteiger partial charge in [0.15, 0.2) is 0 Å². The van der Waals surface area contributed by atoms with E-state index in [0.29, 0.717) is 5.92 Å². The van der Waals surface area contributed by atoms with Crippen LogP contribution >= 0.6 is 0 Å². The van der Waals surface area contributed by atoms with Crippen LogP contribution in [0.25, 0.3) is 0 Å². The lowest BCUT2D eigenvalue weighted by molar-refractivity contribution is -0.0273. The molecule has 3 unspecified atom stereocenters. The standard InChI is InChI=1S/C38H60O3/c1-6-28(26(2)3)15-14-27(4)34-19-16-30-24-29(34)17-21-36-35(30)20-18-31-25-33(22-23-38(31,36)5)41-37(39)40-32-12-10-8-7-9-11-13-32/h7-8,14-15,18,26-30,32-36H,6,9-13,16-17,19-25H2,1-5H3/b8-7+,15-14+/t27-,28-,29-,30?,32?,33+,34-,35+,36?,38+/m1/s1. The molecule has 3 nitrogen and oxygen atoms in total. The van der Waals surface area contributed by atoms with Crippen molar-refractivity contribution < 1.29 is 14.3 Å². The highest BCUT2D eigenvalue weighted by atomic mass is 16.7. The zero-order valence-corrected chi connectivity index (χ0v) is 27.0. The van der Waals surface area contributed by atoms with Gasteiger partial charge in [-0.25, -0.2) is 4.79 Å². The van der Waals surface area contributed by atoms with Crippen molar-refractivity contribution in [2.75, 3.05) is 0 Å². The Hall–Kier alpha value is -1.51. The molecular weight excluding hydrogens is 504 g/mol. The fourth-order valence-corrected chi connectivity index (χ4v) is 9.98. The molecule has 3 fully saturated rings. The Morgan fingerprint density at radius 3 is 2.54 bits per heavy atom. The van der Waals surface area contributed by atoms with Gasteiger partial charge < -0.3 is 9.47 Å². The van der Waals surface area contributed by atoms with Crippen molar-refractivity contribution in [3.63, 3.8) is 0 Å². The van der Waals surface area contributed by atoms with Gasteiger partial charge in [0.2, 0.25) is 0 Å². The monoisotopic (exact) mass is 564 g/mol. The highest BCUT2D eigenvalue weighted by Crippen LogP contribution is 2.60. The number of fused-ring (bicyclic) bond motifs is 6. The van der Waals surface area contributed by atoms with Gasteiger partial charge in [-0.2, -0.15) is 0 Å². The largest absolute Gasteiger partial charge is 0.508 e. The molecule has 0 aromatic carbocycles. The van der Waals surface area contributed by atoms with Crippen LogP contribution in [-0.2, 0) is 9.47 Å². The van der Waals surface area contributed by atoms with Crippen LogP contribution in [0, 0.1) is 52.8 Å². The first-order valence-corrected chi connectivity index (χ1v) is 17.7. The molecule has 230 valence electrons. The Morgan fingerprint density at radius 2 is 1.73 bits per heavy atom. The minimum absolute atomic E-state index is 0.00613. The Kier molecular flexibility index (Phi) is 10.5. The van der Waals surface area contributed by atoms with Crippen molar-refractivity contribution in [2.45, 2.75) is 143 Å². The van der Waals surface area contributed by atoms with Crippen LogP contribution in [0.2, 0.25) is 0 Å². The number of carbonyl (C=O) groups is 1. The topological polar surface area (TPSA) is 35.5 Å². The van der Waals surface area contributed by atoms with Gasteiger partial charge in [-0.05, 0) is 143 Å². The molecule has 0 aromatic rings. The molecule has 0 saturated heterocycles. The van der Waals surface area contributed by atoms with Gasteiger partial charge in [0.25, 0.3) is 0 Å². The van der Waals surface area contributed by atoms with Crippen molar-refractivity contribution >= 4 is 6.16 Å². The number of carbonyl (C=O) groups excluding carboxylic acids is 1. The van der Waals surface area contributed by atoms with Gasteiger partial charge >= 0.3 is 6.16 Å². The van der Waals surface area contributed by atoms with Crippen molar-refractivity contribution in [2.24, 2.45) is 52.8 Å². The second-order valence-electron chi connectivity index (χ2n) is 15.2. The number of allylic oxidation sites excluding steroid dienone is 5. The third-order valence-corrected chi connectivity index (χ3v) is 12.6. The molecule has 0 aliphatic heterocycles. The molecule has 3 saturated carbocycles. The third-order valence-electron chi connectivity index (χ3n) is 12.6. The van der Waals surface area contributed by atoms with Crippen molar-refractivity contribution in [1.29, 1.82) is 0 Å². The Bertz CT molecular complexity index is 961.